The molecule has 5 rings (SSSR count). The first-order valence-electron chi connectivity index (χ1n) is 10.4. The first-order chi connectivity index (χ1) is 11.5. The predicted molar refractivity (Wildman–Crippen MR) is 92.4 cm³/mol. The molecule has 0 amide bonds. The highest BCUT2D eigenvalue weighted by molar-refractivity contribution is 5.13. The van der Waals surface area contributed by atoms with Crippen molar-refractivity contribution in [3.05, 3.63) is 0 Å². The van der Waals surface area contributed by atoms with Gasteiger partial charge in [0.25, 0.3) is 0 Å². The molecule has 1 N–H and O–H groups in total. The number of ether oxygens (including phenoxy) is 2. The average Bonchev–Trinajstić information content (AvgIpc) is 3.16. The van der Waals surface area contributed by atoms with Crippen molar-refractivity contribution in [3.8, 4) is 0 Å². The van der Waals surface area contributed by atoms with E-state index in [1.807, 2.05) is 0 Å². The smallest absolute Gasteiger partial charge is 0.172 e. The molecule has 3 nitrogen and oxygen atoms in total. The molecule has 5 fully saturated rings. The summed E-state index contributed by atoms with van der Waals surface area (Å²) in [5.74, 6) is 2.31. The highest BCUT2D eigenvalue weighted by Crippen LogP contribution is 2.69. The summed E-state index contributed by atoms with van der Waals surface area (Å²) in [5, 5.41) is 10.3. The van der Waals surface area contributed by atoms with E-state index in [0.717, 1.165) is 44.3 Å². The van der Waals surface area contributed by atoms with Crippen LogP contribution in [0.1, 0.15) is 71.6 Å². The van der Waals surface area contributed by atoms with E-state index >= 15 is 0 Å². The van der Waals surface area contributed by atoms with Crippen molar-refractivity contribution >= 4 is 0 Å². The van der Waals surface area contributed by atoms with E-state index in [1.165, 1.54) is 38.5 Å². The molecule has 1 aliphatic heterocycles. The van der Waals surface area contributed by atoms with Gasteiger partial charge >= 0.3 is 0 Å². The summed E-state index contributed by atoms with van der Waals surface area (Å²) < 4.78 is 12.9. The zero-order chi connectivity index (χ0) is 16.6. The molecule has 1 saturated heterocycles. The van der Waals surface area contributed by atoms with Crippen LogP contribution in [0.2, 0.25) is 0 Å². The lowest BCUT2D eigenvalue weighted by molar-refractivity contribution is -0.298. The summed E-state index contributed by atoms with van der Waals surface area (Å²) in [5.41, 5.74) is 0.898. The van der Waals surface area contributed by atoms with Crippen molar-refractivity contribution in [1.29, 1.82) is 0 Å². The number of rotatable bonds is 0. The number of aliphatic hydroxyl groups is 1. The molecule has 1 spiro atoms. The maximum Gasteiger partial charge on any atom is 0.172 e. The fourth-order valence-electron chi connectivity index (χ4n) is 7.94. The monoisotopic (exact) mass is 334 g/mol. The number of hydrogen-bond acceptors (Lipinski definition) is 3. The quantitative estimate of drug-likeness (QED) is 0.724. The summed E-state index contributed by atoms with van der Waals surface area (Å²) in [6, 6.07) is 0. The molecular formula is C21H34O3. The molecule has 136 valence electrons. The predicted octanol–water partition coefficient (Wildman–Crippen LogP) is 4.13. The maximum absolute atomic E-state index is 10.3. The van der Waals surface area contributed by atoms with Crippen LogP contribution < -0.4 is 0 Å². The standard InChI is InChI=1S/C21H34O3/c1-19-7-3-4-16(19)18-17(6-8-19)20(2)9-5-15(22)12-14(20)13-21(18)23-10-11-24-21/h14-18,22H,3-13H2,1-2H3. The van der Waals surface area contributed by atoms with Crippen LogP contribution in [-0.2, 0) is 9.47 Å². The Morgan fingerprint density at radius 3 is 2.50 bits per heavy atom. The van der Waals surface area contributed by atoms with Crippen LogP contribution in [0.5, 0.6) is 0 Å². The summed E-state index contributed by atoms with van der Waals surface area (Å²) in [6.45, 7) is 6.61. The second-order valence-electron chi connectivity index (χ2n) is 10.2. The van der Waals surface area contributed by atoms with Gasteiger partial charge in [0, 0.05) is 12.3 Å². The van der Waals surface area contributed by atoms with E-state index in [9.17, 15) is 5.11 Å². The van der Waals surface area contributed by atoms with Gasteiger partial charge in [-0.3, -0.25) is 0 Å². The van der Waals surface area contributed by atoms with E-state index < -0.39 is 0 Å². The fourth-order valence-corrected chi connectivity index (χ4v) is 7.94. The molecule has 0 radical (unpaired) electrons. The van der Waals surface area contributed by atoms with E-state index in [1.54, 1.807) is 0 Å². The zero-order valence-electron chi connectivity index (χ0n) is 15.4. The highest BCUT2D eigenvalue weighted by atomic mass is 16.7. The van der Waals surface area contributed by atoms with Gasteiger partial charge in [0.15, 0.2) is 5.79 Å². The molecule has 0 aromatic heterocycles. The Labute approximate surface area is 146 Å². The van der Waals surface area contributed by atoms with Crippen LogP contribution in [0.25, 0.3) is 0 Å². The number of hydrogen-bond donors (Lipinski definition) is 1. The molecule has 4 saturated carbocycles. The molecule has 0 aromatic rings. The lowest BCUT2D eigenvalue weighted by atomic mass is 9.43. The Balaban J connectivity index is 1.58. The highest BCUT2D eigenvalue weighted by Gasteiger charge is 2.67. The molecule has 0 bridgehead atoms. The molecule has 5 aliphatic rings. The van der Waals surface area contributed by atoms with Crippen LogP contribution in [0.4, 0.5) is 0 Å². The number of fused-ring (bicyclic) bond motifs is 6. The fraction of sp³-hybridized carbons (Fsp3) is 1.00. The summed E-state index contributed by atoms with van der Waals surface area (Å²) in [4.78, 5) is 0. The Hall–Kier alpha value is -0.120. The average molecular weight is 335 g/mol. The maximum atomic E-state index is 10.3. The van der Waals surface area contributed by atoms with Crippen LogP contribution in [0.15, 0.2) is 0 Å². The van der Waals surface area contributed by atoms with Crippen molar-refractivity contribution in [3.63, 3.8) is 0 Å². The third-order valence-electron chi connectivity index (χ3n) is 9.22. The van der Waals surface area contributed by atoms with E-state index in [4.69, 9.17) is 9.47 Å². The Bertz CT molecular complexity index is 513. The van der Waals surface area contributed by atoms with Crippen LogP contribution in [0, 0.1) is 34.5 Å². The lowest BCUT2D eigenvalue weighted by Crippen LogP contribution is -2.63. The minimum Gasteiger partial charge on any atom is -0.393 e. The topological polar surface area (TPSA) is 38.7 Å². The molecular weight excluding hydrogens is 300 g/mol. The molecule has 1 heterocycles. The van der Waals surface area contributed by atoms with Crippen LogP contribution >= 0.6 is 0 Å². The van der Waals surface area contributed by atoms with Crippen molar-refractivity contribution in [1.82, 2.24) is 0 Å². The molecule has 7 unspecified atom stereocenters. The summed E-state index contributed by atoms with van der Waals surface area (Å²) in [6.07, 6.45) is 10.9. The molecule has 4 aliphatic carbocycles. The Kier molecular flexibility index (Phi) is 3.49. The molecule has 3 heteroatoms. The van der Waals surface area contributed by atoms with Gasteiger partial charge in [-0.05, 0) is 73.5 Å². The van der Waals surface area contributed by atoms with E-state index in [-0.39, 0.29) is 11.9 Å². The second-order valence-corrected chi connectivity index (χ2v) is 10.2. The van der Waals surface area contributed by atoms with Gasteiger partial charge in [0.05, 0.1) is 19.3 Å². The minimum atomic E-state index is -0.331. The molecule has 24 heavy (non-hydrogen) atoms. The van der Waals surface area contributed by atoms with E-state index in [2.05, 4.69) is 13.8 Å². The first kappa shape index (κ1) is 16.1. The van der Waals surface area contributed by atoms with Gasteiger partial charge < -0.3 is 14.6 Å². The third-order valence-corrected chi connectivity index (χ3v) is 9.22. The lowest BCUT2D eigenvalue weighted by Gasteiger charge is -2.64. The summed E-state index contributed by atoms with van der Waals surface area (Å²) in [7, 11) is 0. The minimum absolute atomic E-state index is 0.113. The zero-order valence-corrected chi connectivity index (χ0v) is 15.4. The van der Waals surface area contributed by atoms with Gasteiger partial charge in [-0.25, -0.2) is 0 Å². The Morgan fingerprint density at radius 1 is 0.917 bits per heavy atom. The van der Waals surface area contributed by atoms with Crippen molar-refractivity contribution in [2.45, 2.75) is 83.5 Å². The van der Waals surface area contributed by atoms with Crippen molar-refractivity contribution in [2.24, 2.45) is 34.5 Å². The SMILES string of the molecule is CC12CCCC1C1C(CC2)C2(C)CCC(O)CC2CC12OCCO2. The number of aliphatic hydroxyl groups excluding tert-OH is 1. The van der Waals surface area contributed by atoms with Crippen molar-refractivity contribution in [2.75, 3.05) is 13.2 Å². The van der Waals surface area contributed by atoms with E-state index in [0.29, 0.717) is 22.7 Å². The third kappa shape index (κ3) is 2.01. The molecule has 7 atom stereocenters. The van der Waals surface area contributed by atoms with Crippen molar-refractivity contribution < 1.29 is 14.6 Å². The van der Waals surface area contributed by atoms with Gasteiger partial charge in [-0.1, -0.05) is 20.3 Å². The van der Waals surface area contributed by atoms with Gasteiger partial charge in [0.2, 0.25) is 0 Å². The first-order valence-corrected chi connectivity index (χ1v) is 10.4. The summed E-state index contributed by atoms with van der Waals surface area (Å²) >= 11 is 0. The van der Waals surface area contributed by atoms with Gasteiger partial charge in [-0.2, -0.15) is 0 Å². The second kappa shape index (κ2) is 5.20. The van der Waals surface area contributed by atoms with Crippen LogP contribution in [0.3, 0.4) is 0 Å². The van der Waals surface area contributed by atoms with Gasteiger partial charge in [0.1, 0.15) is 0 Å². The van der Waals surface area contributed by atoms with Crippen LogP contribution in [-0.4, -0.2) is 30.2 Å². The Morgan fingerprint density at radius 2 is 1.71 bits per heavy atom. The van der Waals surface area contributed by atoms with Gasteiger partial charge in [-0.15, -0.1) is 0 Å². The largest absolute Gasteiger partial charge is 0.393 e. The molecule has 0 aromatic carbocycles. The normalized spacial score (nSPS) is 55.9.